The minimum Gasteiger partial charge on any atom is -0.458 e. The lowest BCUT2D eigenvalue weighted by atomic mass is 10.1. The molecule has 1 aromatic rings. The Bertz CT molecular complexity index is 755. The summed E-state index contributed by atoms with van der Waals surface area (Å²) in [5, 5.41) is 2.27. The van der Waals surface area contributed by atoms with Crippen molar-refractivity contribution in [2.45, 2.75) is 70.6 Å². The number of carbonyl (C=O) groups is 3. The van der Waals surface area contributed by atoms with Crippen molar-refractivity contribution in [1.82, 2.24) is 10.2 Å². The van der Waals surface area contributed by atoms with E-state index in [4.69, 9.17) is 9.47 Å². The molecule has 1 aliphatic rings. The zero-order chi connectivity index (χ0) is 22.5. The van der Waals surface area contributed by atoms with Crippen molar-refractivity contribution in [1.29, 1.82) is 0 Å². The fourth-order valence-electron chi connectivity index (χ4n) is 2.98. The third-order valence-corrected chi connectivity index (χ3v) is 5.38. The summed E-state index contributed by atoms with van der Waals surface area (Å²) in [7, 11) is 0. The molecule has 0 radical (unpaired) electrons. The molecule has 0 bridgehead atoms. The lowest BCUT2D eigenvalue weighted by Crippen LogP contribution is -2.51. The second-order valence-electron chi connectivity index (χ2n) is 9.18. The van der Waals surface area contributed by atoms with Crippen LogP contribution in [0, 0.1) is 0 Å². The van der Waals surface area contributed by atoms with Gasteiger partial charge in [-0.15, -0.1) is 11.8 Å². The molecule has 30 heavy (non-hydrogen) atoms. The van der Waals surface area contributed by atoms with Crippen molar-refractivity contribution in [2.75, 3.05) is 12.3 Å². The van der Waals surface area contributed by atoms with Crippen LogP contribution < -0.4 is 5.32 Å². The van der Waals surface area contributed by atoms with E-state index in [0.29, 0.717) is 12.2 Å². The molecule has 2 rings (SSSR count). The van der Waals surface area contributed by atoms with Crippen molar-refractivity contribution >= 4 is 29.7 Å². The van der Waals surface area contributed by atoms with Crippen molar-refractivity contribution in [3.05, 3.63) is 35.9 Å². The second-order valence-corrected chi connectivity index (χ2v) is 10.4. The van der Waals surface area contributed by atoms with E-state index >= 15 is 0 Å². The molecule has 0 aromatic heterocycles. The molecule has 1 saturated heterocycles. The molecule has 0 aliphatic carbocycles. The Balaban J connectivity index is 2.13. The van der Waals surface area contributed by atoms with Crippen molar-refractivity contribution in [2.24, 2.45) is 0 Å². The first kappa shape index (κ1) is 24.1. The number of hydrogen-bond acceptors (Lipinski definition) is 6. The predicted molar refractivity (Wildman–Crippen MR) is 117 cm³/mol. The Hall–Kier alpha value is -2.22. The van der Waals surface area contributed by atoms with Crippen LogP contribution in [0.5, 0.6) is 0 Å². The average Bonchev–Trinajstić information content (AvgIpc) is 3.01. The number of amides is 2. The number of esters is 1. The summed E-state index contributed by atoms with van der Waals surface area (Å²) in [6, 6.07) is 9.09. The Morgan fingerprint density at radius 2 is 1.63 bits per heavy atom. The van der Waals surface area contributed by atoms with Gasteiger partial charge in [-0.25, -0.2) is 9.59 Å². The third-order valence-electron chi connectivity index (χ3n) is 4.10. The van der Waals surface area contributed by atoms with E-state index in [2.05, 4.69) is 5.32 Å². The second kappa shape index (κ2) is 9.73. The Labute approximate surface area is 182 Å². The number of rotatable bonds is 5. The highest BCUT2D eigenvalue weighted by atomic mass is 32.2. The zero-order valence-corrected chi connectivity index (χ0v) is 19.4. The molecule has 1 aromatic carbocycles. The van der Waals surface area contributed by atoms with E-state index in [0.717, 1.165) is 5.56 Å². The van der Waals surface area contributed by atoms with Gasteiger partial charge >= 0.3 is 12.1 Å². The van der Waals surface area contributed by atoms with Crippen molar-refractivity contribution < 1.29 is 23.9 Å². The van der Waals surface area contributed by atoms with E-state index < -0.39 is 29.3 Å². The monoisotopic (exact) mass is 436 g/mol. The topological polar surface area (TPSA) is 84.9 Å². The highest BCUT2D eigenvalue weighted by Crippen LogP contribution is 2.33. The van der Waals surface area contributed by atoms with Gasteiger partial charge in [0.25, 0.3) is 0 Å². The molecule has 1 heterocycles. The Morgan fingerprint density at radius 1 is 1.03 bits per heavy atom. The normalized spacial score (nSPS) is 19.3. The van der Waals surface area contributed by atoms with Crippen LogP contribution >= 0.6 is 11.8 Å². The van der Waals surface area contributed by atoms with Crippen LogP contribution in [-0.2, 0) is 25.5 Å². The number of hydrogen-bond donors (Lipinski definition) is 1. The third kappa shape index (κ3) is 7.55. The molecule has 2 atom stereocenters. The lowest BCUT2D eigenvalue weighted by Gasteiger charge is -2.30. The average molecular weight is 437 g/mol. The molecular weight excluding hydrogens is 404 g/mol. The Kier molecular flexibility index (Phi) is 7.80. The maximum atomic E-state index is 13.0. The molecule has 7 nitrogen and oxygen atoms in total. The molecule has 2 amide bonds. The van der Waals surface area contributed by atoms with Gasteiger partial charge in [0.15, 0.2) is 0 Å². The van der Waals surface area contributed by atoms with Gasteiger partial charge in [-0.2, -0.15) is 0 Å². The molecule has 8 heteroatoms. The smallest absolute Gasteiger partial charge is 0.408 e. The van der Waals surface area contributed by atoms with E-state index in [-0.39, 0.29) is 17.8 Å². The maximum Gasteiger partial charge on any atom is 0.408 e. The molecule has 1 aliphatic heterocycles. The fraction of sp³-hybridized carbons (Fsp3) is 0.591. The number of thioether (sulfide) groups is 1. The van der Waals surface area contributed by atoms with Gasteiger partial charge in [0.05, 0.1) is 5.37 Å². The van der Waals surface area contributed by atoms with E-state index in [1.54, 1.807) is 58.2 Å². The largest absolute Gasteiger partial charge is 0.458 e. The zero-order valence-electron chi connectivity index (χ0n) is 18.6. The number of alkyl carbamates (subject to hydrolysis) is 1. The van der Waals surface area contributed by atoms with E-state index in [1.165, 1.54) is 0 Å². The fourth-order valence-corrected chi connectivity index (χ4v) is 4.41. The van der Waals surface area contributed by atoms with Crippen LogP contribution in [0.2, 0.25) is 0 Å². The van der Waals surface area contributed by atoms with Gasteiger partial charge < -0.3 is 19.7 Å². The summed E-state index contributed by atoms with van der Waals surface area (Å²) in [5.41, 5.74) is -0.244. The van der Waals surface area contributed by atoms with Crippen LogP contribution in [0.25, 0.3) is 0 Å². The predicted octanol–water partition coefficient (Wildman–Crippen LogP) is 3.37. The maximum absolute atomic E-state index is 13.0. The summed E-state index contributed by atoms with van der Waals surface area (Å²) in [6.45, 7) is 10.4. The number of carbonyl (C=O) groups excluding carboxylic acids is 3. The van der Waals surface area contributed by atoms with Gasteiger partial charge in [-0.05, 0) is 47.1 Å². The van der Waals surface area contributed by atoms with Crippen LogP contribution in [0.3, 0.4) is 0 Å². The number of ether oxygens (including phenoxy) is 2. The summed E-state index contributed by atoms with van der Waals surface area (Å²) < 4.78 is 10.7. The molecule has 0 spiro atoms. The van der Waals surface area contributed by atoms with Gasteiger partial charge in [0.2, 0.25) is 5.91 Å². The molecule has 1 fully saturated rings. The van der Waals surface area contributed by atoms with Crippen LogP contribution in [-0.4, -0.2) is 57.8 Å². The summed E-state index contributed by atoms with van der Waals surface area (Å²) in [5.74, 6) is -0.330. The first-order chi connectivity index (χ1) is 13.9. The van der Waals surface area contributed by atoms with E-state index in [9.17, 15) is 14.4 Å². The van der Waals surface area contributed by atoms with Gasteiger partial charge in [-0.3, -0.25) is 4.79 Å². The van der Waals surface area contributed by atoms with Crippen LogP contribution in [0.15, 0.2) is 30.3 Å². The highest BCUT2D eigenvalue weighted by Gasteiger charge is 2.43. The summed E-state index contributed by atoms with van der Waals surface area (Å²) in [6.07, 6.45) is -0.0701. The highest BCUT2D eigenvalue weighted by molar-refractivity contribution is 8.00. The minimum atomic E-state index is -0.698. The number of nitrogens with one attached hydrogen (secondary N) is 1. The van der Waals surface area contributed by atoms with Crippen molar-refractivity contribution in [3.63, 3.8) is 0 Å². The number of benzene rings is 1. The van der Waals surface area contributed by atoms with Gasteiger partial charge in [-0.1, -0.05) is 30.3 Å². The molecular formula is C22H32N2O5S. The van der Waals surface area contributed by atoms with Gasteiger partial charge in [0, 0.05) is 12.2 Å². The first-order valence-corrected chi connectivity index (χ1v) is 11.1. The standard InChI is InChI=1S/C22H32N2O5S/c1-21(2,3)28-19(26)16-14-30-18(12-15-10-8-7-9-11-15)24(16)17(25)13-23-20(27)29-22(4,5)6/h7-11,16,18H,12-14H2,1-6H3,(H,23,27)/t16-,18?/m0/s1. The van der Waals surface area contributed by atoms with Gasteiger partial charge in [0.1, 0.15) is 23.8 Å². The molecule has 0 saturated carbocycles. The first-order valence-electron chi connectivity index (χ1n) is 10.0. The quantitative estimate of drug-likeness (QED) is 0.713. The summed E-state index contributed by atoms with van der Waals surface area (Å²) in [4.78, 5) is 39.3. The molecule has 1 unspecified atom stereocenters. The van der Waals surface area contributed by atoms with Crippen LogP contribution in [0.1, 0.15) is 47.1 Å². The Morgan fingerprint density at radius 3 is 2.20 bits per heavy atom. The number of nitrogens with zero attached hydrogens (tertiary/aromatic N) is 1. The van der Waals surface area contributed by atoms with E-state index in [1.807, 2.05) is 30.3 Å². The minimum absolute atomic E-state index is 0.224. The molecule has 1 N–H and O–H groups in total. The molecule has 166 valence electrons. The van der Waals surface area contributed by atoms with Crippen LogP contribution in [0.4, 0.5) is 4.79 Å². The SMILES string of the molecule is CC(C)(C)OC(=O)NCC(=O)N1C(Cc2ccccc2)SC[C@H]1C(=O)OC(C)(C)C. The summed E-state index contributed by atoms with van der Waals surface area (Å²) >= 11 is 1.54. The van der Waals surface area contributed by atoms with Crippen molar-refractivity contribution in [3.8, 4) is 0 Å². The lowest BCUT2D eigenvalue weighted by molar-refractivity contribution is -0.163.